The van der Waals surface area contributed by atoms with Gasteiger partial charge < -0.3 is 5.32 Å². The van der Waals surface area contributed by atoms with Crippen molar-refractivity contribution in [1.29, 1.82) is 0 Å². The molecule has 0 radical (unpaired) electrons. The van der Waals surface area contributed by atoms with Crippen LogP contribution in [0.4, 0.5) is 4.39 Å². The minimum atomic E-state index is -0.160. The van der Waals surface area contributed by atoms with Crippen molar-refractivity contribution in [2.45, 2.75) is 38.8 Å². The van der Waals surface area contributed by atoms with Crippen molar-refractivity contribution in [3.63, 3.8) is 0 Å². The van der Waals surface area contributed by atoms with Crippen LogP contribution in [-0.2, 0) is 6.54 Å². The Morgan fingerprint density at radius 3 is 3.00 bits per heavy atom. The lowest BCUT2D eigenvalue weighted by molar-refractivity contribution is 0.429. The van der Waals surface area contributed by atoms with Crippen molar-refractivity contribution in [1.82, 2.24) is 5.32 Å². The predicted octanol–water partition coefficient (Wildman–Crippen LogP) is 3.63. The largest absolute Gasteiger partial charge is 0.310 e. The predicted molar refractivity (Wildman–Crippen MR) is 69.8 cm³/mol. The van der Waals surface area contributed by atoms with E-state index in [1.54, 1.807) is 6.07 Å². The molecule has 0 aromatic heterocycles. The van der Waals surface area contributed by atoms with Crippen LogP contribution >= 0.6 is 11.6 Å². The highest BCUT2D eigenvalue weighted by atomic mass is 35.5. The molecule has 1 aliphatic carbocycles. The van der Waals surface area contributed by atoms with E-state index < -0.39 is 0 Å². The van der Waals surface area contributed by atoms with Crippen molar-refractivity contribution < 1.29 is 4.39 Å². The Bertz CT molecular complexity index is 380. The topological polar surface area (TPSA) is 12.0 Å². The Morgan fingerprint density at radius 1 is 1.41 bits per heavy atom. The van der Waals surface area contributed by atoms with Crippen molar-refractivity contribution in [2.75, 3.05) is 5.88 Å². The summed E-state index contributed by atoms with van der Waals surface area (Å²) in [7, 11) is 0. The highest BCUT2D eigenvalue weighted by Crippen LogP contribution is 2.27. The van der Waals surface area contributed by atoms with Gasteiger partial charge in [-0.3, -0.25) is 0 Å². The smallest absolute Gasteiger partial charge is 0.123 e. The summed E-state index contributed by atoms with van der Waals surface area (Å²) < 4.78 is 13.1. The molecule has 1 nitrogen and oxygen atoms in total. The zero-order valence-electron chi connectivity index (χ0n) is 10.2. The van der Waals surface area contributed by atoms with Crippen LogP contribution in [0.1, 0.15) is 30.4 Å². The first-order valence-electron chi connectivity index (χ1n) is 6.25. The van der Waals surface area contributed by atoms with Crippen LogP contribution < -0.4 is 5.32 Å². The van der Waals surface area contributed by atoms with Crippen LogP contribution in [0.25, 0.3) is 0 Å². The van der Waals surface area contributed by atoms with Crippen molar-refractivity contribution in [3.8, 4) is 0 Å². The minimum Gasteiger partial charge on any atom is -0.310 e. The molecule has 0 bridgehead atoms. The van der Waals surface area contributed by atoms with Gasteiger partial charge >= 0.3 is 0 Å². The average Bonchev–Trinajstić information content (AvgIpc) is 2.77. The highest BCUT2D eigenvalue weighted by Gasteiger charge is 2.25. The summed E-state index contributed by atoms with van der Waals surface area (Å²) in [5.41, 5.74) is 2.18. The molecule has 0 heterocycles. The summed E-state index contributed by atoms with van der Waals surface area (Å²) in [5, 5.41) is 3.52. The first-order valence-corrected chi connectivity index (χ1v) is 6.78. The Balaban J connectivity index is 1.95. The fourth-order valence-corrected chi connectivity index (χ4v) is 2.93. The van der Waals surface area contributed by atoms with Crippen molar-refractivity contribution >= 4 is 11.6 Å². The Kier molecular flexibility index (Phi) is 4.41. The summed E-state index contributed by atoms with van der Waals surface area (Å²) in [6.45, 7) is 2.76. The van der Waals surface area contributed by atoms with Crippen LogP contribution in [0.3, 0.4) is 0 Å². The number of aryl methyl sites for hydroxylation is 1. The van der Waals surface area contributed by atoms with Gasteiger partial charge in [-0.1, -0.05) is 12.5 Å². The SMILES string of the molecule is Cc1ccc(F)cc1CNC1CCCC1CCl. The van der Waals surface area contributed by atoms with Crippen molar-refractivity contribution in [3.05, 3.63) is 35.1 Å². The molecule has 0 aliphatic heterocycles. The van der Waals surface area contributed by atoms with Gasteiger partial charge in [0.05, 0.1) is 0 Å². The van der Waals surface area contributed by atoms with Gasteiger partial charge in [0.1, 0.15) is 5.82 Å². The minimum absolute atomic E-state index is 0.160. The number of hydrogen-bond acceptors (Lipinski definition) is 1. The summed E-state index contributed by atoms with van der Waals surface area (Å²) >= 11 is 5.94. The van der Waals surface area contributed by atoms with Crippen molar-refractivity contribution in [2.24, 2.45) is 5.92 Å². The number of benzene rings is 1. The van der Waals surface area contributed by atoms with Gasteiger partial charge in [0.25, 0.3) is 0 Å². The second-order valence-corrected chi connectivity index (χ2v) is 5.21. The molecule has 2 rings (SSSR count). The van der Waals surface area contributed by atoms with Crippen LogP contribution in [-0.4, -0.2) is 11.9 Å². The molecule has 2 unspecified atom stereocenters. The lowest BCUT2D eigenvalue weighted by Gasteiger charge is -2.19. The number of alkyl halides is 1. The standard InChI is InChI=1S/C14H19ClFN/c1-10-5-6-13(16)7-12(10)9-17-14-4-2-3-11(14)8-15/h5-7,11,14,17H,2-4,8-9H2,1H3. The van der Waals surface area contributed by atoms with E-state index in [9.17, 15) is 4.39 Å². The Labute approximate surface area is 107 Å². The van der Waals surface area contributed by atoms with E-state index in [-0.39, 0.29) is 5.82 Å². The van der Waals surface area contributed by atoms with E-state index in [1.807, 2.05) is 13.0 Å². The lowest BCUT2D eigenvalue weighted by Crippen LogP contribution is -2.32. The molecule has 2 atom stereocenters. The average molecular weight is 256 g/mol. The molecular formula is C14H19ClFN. The number of nitrogens with one attached hydrogen (secondary N) is 1. The molecule has 1 saturated carbocycles. The van der Waals surface area contributed by atoms with Crippen LogP contribution in [0.15, 0.2) is 18.2 Å². The third kappa shape index (κ3) is 3.20. The number of rotatable bonds is 4. The molecule has 1 fully saturated rings. The molecule has 1 aliphatic rings. The molecule has 1 aromatic carbocycles. The second kappa shape index (κ2) is 5.83. The van der Waals surface area contributed by atoms with Gasteiger partial charge in [-0.2, -0.15) is 0 Å². The van der Waals surface area contributed by atoms with Crippen LogP contribution in [0.2, 0.25) is 0 Å². The summed E-state index contributed by atoms with van der Waals surface area (Å²) in [6.07, 6.45) is 3.65. The van der Waals surface area contributed by atoms with Gasteiger partial charge in [-0.15, -0.1) is 11.6 Å². The quantitative estimate of drug-likeness (QED) is 0.811. The summed E-state index contributed by atoms with van der Waals surface area (Å²) in [6, 6.07) is 5.46. The van der Waals surface area contributed by atoms with Gasteiger partial charge in [-0.25, -0.2) is 4.39 Å². The molecule has 17 heavy (non-hydrogen) atoms. The van der Waals surface area contributed by atoms with Crippen LogP contribution in [0.5, 0.6) is 0 Å². The van der Waals surface area contributed by atoms with Gasteiger partial charge in [0.15, 0.2) is 0 Å². The molecular weight excluding hydrogens is 237 g/mol. The summed E-state index contributed by atoms with van der Waals surface area (Å²) in [4.78, 5) is 0. The molecule has 0 amide bonds. The first kappa shape index (κ1) is 12.8. The highest BCUT2D eigenvalue weighted by molar-refractivity contribution is 6.18. The lowest BCUT2D eigenvalue weighted by atomic mass is 10.0. The van der Waals surface area contributed by atoms with Gasteiger partial charge in [0, 0.05) is 18.5 Å². The second-order valence-electron chi connectivity index (χ2n) is 4.90. The number of halogens is 2. The molecule has 3 heteroatoms. The fourth-order valence-electron chi connectivity index (χ4n) is 2.56. The molecule has 94 valence electrons. The van der Waals surface area contributed by atoms with E-state index in [1.165, 1.54) is 25.3 Å². The van der Waals surface area contributed by atoms with E-state index in [0.717, 1.165) is 23.6 Å². The normalized spacial score (nSPS) is 24.2. The maximum Gasteiger partial charge on any atom is 0.123 e. The zero-order valence-corrected chi connectivity index (χ0v) is 10.9. The monoisotopic (exact) mass is 255 g/mol. The molecule has 1 aromatic rings. The van der Waals surface area contributed by atoms with E-state index in [4.69, 9.17) is 11.6 Å². The number of hydrogen-bond donors (Lipinski definition) is 1. The molecule has 0 spiro atoms. The van der Waals surface area contributed by atoms with E-state index in [0.29, 0.717) is 12.0 Å². The van der Waals surface area contributed by atoms with E-state index in [2.05, 4.69) is 5.32 Å². The summed E-state index contributed by atoms with van der Waals surface area (Å²) in [5.74, 6) is 1.14. The van der Waals surface area contributed by atoms with Crippen LogP contribution in [0, 0.1) is 18.7 Å². The molecule has 0 saturated heterocycles. The molecule has 1 N–H and O–H groups in total. The fraction of sp³-hybridized carbons (Fsp3) is 0.571. The third-order valence-corrected chi connectivity index (χ3v) is 4.12. The Morgan fingerprint density at radius 2 is 2.24 bits per heavy atom. The zero-order chi connectivity index (χ0) is 12.3. The first-order chi connectivity index (χ1) is 8.20. The third-order valence-electron chi connectivity index (χ3n) is 3.72. The maximum absolute atomic E-state index is 13.1. The van der Waals surface area contributed by atoms with Gasteiger partial charge in [-0.05, 0) is 48.9 Å². The maximum atomic E-state index is 13.1. The Hall–Kier alpha value is -0.600. The van der Waals surface area contributed by atoms with Gasteiger partial charge in [0.2, 0.25) is 0 Å². The van der Waals surface area contributed by atoms with E-state index >= 15 is 0 Å².